The molecule has 2 heterocycles. The van der Waals surface area contributed by atoms with Gasteiger partial charge in [-0.1, -0.05) is 36.0 Å². The van der Waals surface area contributed by atoms with Gasteiger partial charge in [0, 0.05) is 10.9 Å². The molecule has 0 bridgehead atoms. The highest BCUT2D eigenvalue weighted by Gasteiger charge is 2.21. The fourth-order valence-corrected chi connectivity index (χ4v) is 4.59. The van der Waals surface area contributed by atoms with Gasteiger partial charge in [0.05, 0.1) is 28.9 Å². The van der Waals surface area contributed by atoms with Gasteiger partial charge in [-0.3, -0.25) is 9.20 Å². The maximum atomic E-state index is 13.0. The van der Waals surface area contributed by atoms with Crippen molar-refractivity contribution in [2.24, 2.45) is 0 Å². The summed E-state index contributed by atoms with van der Waals surface area (Å²) >= 11 is 1.45. The van der Waals surface area contributed by atoms with Crippen molar-refractivity contribution < 1.29 is 9.53 Å². The van der Waals surface area contributed by atoms with Gasteiger partial charge in [-0.25, -0.2) is 9.97 Å². The number of aromatic nitrogens is 3. The standard InChI is InChI=1S/C24H19N3O2S/c1-15(22(28)16-11-13-17(29-2)14-12-16)30-24-26-19-8-4-3-7-18(19)23-25-20-9-5-6-10-21(20)27(23)24/h3-15H,1-2H3. The molecule has 0 aliphatic carbocycles. The minimum Gasteiger partial charge on any atom is -0.497 e. The molecule has 0 aliphatic rings. The maximum absolute atomic E-state index is 13.0. The zero-order valence-corrected chi connectivity index (χ0v) is 17.4. The Bertz CT molecular complexity index is 1390. The van der Waals surface area contributed by atoms with Gasteiger partial charge in [-0.15, -0.1) is 0 Å². The summed E-state index contributed by atoms with van der Waals surface area (Å²) in [6.07, 6.45) is 0. The number of carbonyl (C=O) groups excluding carboxylic acids is 1. The lowest BCUT2D eigenvalue weighted by Gasteiger charge is -2.13. The van der Waals surface area contributed by atoms with Crippen molar-refractivity contribution >= 4 is 45.1 Å². The zero-order valence-electron chi connectivity index (χ0n) is 16.6. The van der Waals surface area contributed by atoms with E-state index in [4.69, 9.17) is 14.7 Å². The van der Waals surface area contributed by atoms with Crippen LogP contribution in [0, 0.1) is 0 Å². The van der Waals surface area contributed by atoms with Crippen molar-refractivity contribution in [1.29, 1.82) is 0 Å². The number of nitrogens with zero attached hydrogens (tertiary/aromatic N) is 3. The van der Waals surface area contributed by atoms with Gasteiger partial charge in [0.25, 0.3) is 0 Å². The maximum Gasteiger partial charge on any atom is 0.175 e. The highest BCUT2D eigenvalue weighted by molar-refractivity contribution is 8.00. The van der Waals surface area contributed by atoms with Crippen molar-refractivity contribution in [2.75, 3.05) is 7.11 Å². The van der Waals surface area contributed by atoms with Gasteiger partial charge in [0.2, 0.25) is 0 Å². The molecule has 0 amide bonds. The SMILES string of the molecule is COc1ccc(C(=O)C(C)Sc2nc3ccccc3c3nc4ccccc4n23)cc1. The number of thioether (sulfide) groups is 1. The monoisotopic (exact) mass is 413 g/mol. The van der Waals surface area contributed by atoms with E-state index in [1.54, 1.807) is 31.4 Å². The molecule has 0 fully saturated rings. The first-order chi connectivity index (χ1) is 14.7. The van der Waals surface area contributed by atoms with Crippen LogP contribution in [0.15, 0.2) is 78.0 Å². The van der Waals surface area contributed by atoms with Crippen LogP contribution in [0.2, 0.25) is 0 Å². The van der Waals surface area contributed by atoms with Crippen LogP contribution in [0.3, 0.4) is 0 Å². The fourth-order valence-electron chi connectivity index (χ4n) is 3.59. The Morgan fingerprint density at radius 3 is 2.40 bits per heavy atom. The number of Topliss-reactive ketones (excluding diaryl/α,β-unsaturated/α-hetero) is 1. The summed E-state index contributed by atoms with van der Waals surface area (Å²) < 4.78 is 7.25. The molecule has 5 rings (SSSR count). The van der Waals surface area contributed by atoms with Crippen LogP contribution in [0.4, 0.5) is 0 Å². The van der Waals surface area contributed by atoms with Crippen molar-refractivity contribution in [3.63, 3.8) is 0 Å². The van der Waals surface area contributed by atoms with Crippen LogP contribution >= 0.6 is 11.8 Å². The van der Waals surface area contributed by atoms with Crippen LogP contribution in [0.25, 0.3) is 27.6 Å². The van der Waals surface area contributed by atoms with Gasteiger partial charge in [-0.05, 0) is 55.5 Å². The van der Waals surface area contributed by atoms with E-state index in [0.717, 1.165) is 38.5 Å². The second kappa shape index (κ2) is 7.46. The van der Waals surface area contributed by atoms with Gasteiger partial charge >= 0.3 is 0 Å². The molecule has 1 atom stereocenters. The minimum atomic E-state index is -0.309. The number of fused-ring (bicyclic) bond motifs is 5. The molecule has 2 aromatic heterocycles. The number of methoxy groups -OCH3 is 1. The molecule has 0 N–H and O–H groups in total. The van der Waals surface area contributed by atoms with E-state index >= 15 is 0 Å². The van der Waals surface area contributed by atoms with Gasteiger partial charge in [-0.2, -0.15) is 0 Å². The minimum absolute atomic E-state index is 0.0511. The third-order valence-corrected chi connectivity index (χ3v) is 6.19. The second-order valence-electron chi connectivity index (χ2n) is 7.02. The van der Waals surface area contributed by atoms with E-state index in [-0.39, 0.29) is 11.0 Å². The summed E-state index contributed by atoms with van der Waals surface area (Å²) in [6.45, 7) is 1.92. The predicted molar refractivity (Wildman–Crippen MR) is 121 cm³/mol. The Kier molecular flexibility index (Phi) is 4.64. The Morgan fingerprint density at radius 1 is 0.933 bits per heavy atom. The molecule has 0 saturated heterocycles. The fraction of sp³-hybridized carbons (Fsp3) is 0.125. The molecule has 6 heteroatoms. The number of para-hydroxylation sites is 3. The quantitative estimate of drug-likeness (QED) is 0.219. The number of imidazole rings is 1. The smallest absolute Gasteiger partial charge is 0.175 e. The zero-order chi connectivity index (χ0) is 20.7. The Morgan fingerprint density at radius 2 is 1.63 bits per heavy atom. The molecule has 3 aromatic carbocycles. The average molecular weight is 414 g/mol. The summed E-state index contributed by atoms with van der Waals surface area (Å²) in [5.41, 5.74) is 4.27. The number of benzene rings is 3. The lowest BCUT2D eigenvalue weighted by Crippen LogP contribution is -2.14. The first kappa shape index (κ1) is 18.6. The van der Waals surface area contributed by atoms with Crippen LogP contribution in [-0.4, -0.2) is 32.5 Å². The molecule has 5 aromatic rings. The number of hydrogen-bond donors (Lipinski definition) is 0. The molecule has 0 saturated carbocycles. The van der Waals surface area contributed by atoms with E-state index in [9.17, 15) is 4.79 Å². The van der Waals surface area contributed by atoms with E-state index < -0.39 is 0 Å². The molecule has 0 aliphatic heterocycles. The molecular formula is C24H19N3O2S. The van der Waals surface area contributed by atoms with Gasteiger partial charge in [0.15, 0.2) is 10.9 Å². The van der Waals surface area contributed by atoms with Crippen LogP contribution in [0.1, 0.15) is 17.3 Å². The van der Waals surface area contributed by atoms with E-state index in [1.807, 2.05) is 55.5 Å². The Balaban J connectivity index is 1.61. The van der Waals surface area contributed by atoms with Crippen molar-refractivity contribution in [3.8, 4) is 5.75 Å². The van der Waals surface area contributed by atoms with Gasteiger partial charge < -0.3 is 4.74 Å². The third kappa shape index (κ3) is 3.09. The average Bonchev–Trinajstić information content (AvgIpc) is 3.19. The van der Waals surface area contributed by atoms with E-state index in [2.05, 4.69) is 4.40 Å². The molecule has 1 unspecified atom stereocenters. The first-order valence-electron chi connectivity index (χ1n) is 9.66. The number of ketones is 1. The molecular weight excluding hydrogens is 394 g/mol. The van der Waals surface area contributed by atoms with Crippen molar-refractivity contribution in [3.05, 3.63) is 78.4 Å². The summed E-state index contributed by atoms with van der Waals surface area (Å²) in [5.74, 6) is 0.782. The molecule has 5 nitrogen and oxygen atoms in total. The number of rotatable bonds is 5. The lowest BCUT2D eigenvalue weighted by molar-refractivity contribution is 0.0994. The van der Waals surface area contributed by atoms with Crippen LogP contribution in [0.5, 0.6) is 5.75 Å². The topological polar surface area (TPSA) is 56.5 Å². The Hall–Kier alpha value is -3.38. The number of hydrogen-bond acceptors (Lipinski definition) is 5. The third-order valence-electron chi connectivity index (χ3n) is 5.14. The van der Waals surface area contributed by atoms with Crippen molar-refractivity contribution in [1.82, 2.24) is 14.4 Å². The molecule has 148 valence electrons. The highest BCUT2D eigenvalue weighted by Crippen LogP contribution is 2.31. The van der Waals surface area contributed by atoms with Gasteiger partial charge in [0.1, 0.15) is 11.4 Å². The van der Waals surface area contributed by atoms with E-state index in [0.29, 0.717) is 5.56 Å². The van der Waals surface area contributed by atoms with Crippen LogP contribution in [-0.2, 0) is 0 Å². The van der Waals surface area contributed by atoms with Crippen LogP contribution < -0.4 is 4.74 Å². The summed E-state index contributed by atoms with van der Waals surface area (Å²) in [5, 5.41) is 1.44. The largest absolute Gasteiger partial charge is 0.497 e. The Labute approximate surface area is 177 Å². The van der Waals surface area contributed by atoms with E-state index in [1.165, 1.54) is 11.8 Å². The molecule has 0 spiro atoms. The second-order valence-corrected chi connectivity index (χ2v) is 8.33. The van der Waals surface area contributed by atoms with Crippen molar-refractivity contribution in [2.45, 2.75) is 17.3 Å². The summed E-state index contributed by atoms with van der Waals surface area (Å²) in [4.78, 5) is 22.8. The molecule has 30 heavy (non-hydrogen) atoms. The molecule has 0 radical (unpaired) electrons. The normalized spacial score (nSPS) is 12.5. The number of ether oxygens (including phenoxy) is 1. The predicted octanol–water partition coefficient (Wildman–Crippen LogP) is 5.41. The number of carbonyl (C=O) groups is 1. The highest BCUT2D eigenvalue weighted by atomic mass is 32.2. The summed E-state index contributed by atoms with van der Waals surface area (Å²) in [6, 6.07) is 23.2. The summed E-state index contributed by atoms with van der Waals surface area (Å²) in [7, 11) is 1.61. The first-order valence-corrected chi connectivity index (χ1v) is 10.5. The lowest BCUT2D eigenvalue weighted by atomic mass is 10.1.